The molecule has 2 rings (SSSR count). The minimum Gasteiger partial charge on any atom is -0.326 e. The zero-order valence-electron chi connectivity index (χ0n) is 11.5. The monoisotopic (exact) mass is 282 g/mol. The maximum absolute atomic E-state index is 12.7. The smallest absolute Gasteiger partial charge is 0.243 e. The van der Waals surface area contributed by atoms with Crippen molar-refractivity contribution in [3.8, 4) is 0 Å². The highest BCUT2D eigenvalue weighted by atomic mass is 32.2. The predicted octanol–water partition coefficient (Wildman–Crippen LogP) is 2.10. The third kappa shape index (κ3) is 2.83. The summed E-state index contributed by atoms with van der Waals surface area (Å²) < 4.78 is 27.1. The summed E-state index contributed by atoms with van der Waals surface area (Å²) in [6.45, 7) is 4.40. The van der Waals surface area contributed by atoms with E-state index in [1.807, 2.05) is 13.8 Å². The maximum Gasteiger partial charge on any atom is 0.243 e. The Morgan fingerprint density at radius 1 is 1.16 bits per heavy atom. The highest BCUT2D eigenvalue weighted by molar-refractivity contribution is 7.89. The predicted molar refractivity (Wildman–Crippen MR) is 76.1 cm³/mol. The van der Waals surface area contributed by atoms with Crippen molar-refractivity contribution in [1.29, 1.82) is 0 Å². The minimum atomic E-state index is -3.39. The summed E-state index contributed by atoms with van der Waals surface area (Å²) in [6, 6.07) is 7.03. The van der Waals surface area contributed by atoms with Crippen molar-refractivity contribution in [3.05, 3.63) is 29.8 Å². The summed E-state index contributed by atoms with van der Waals surface area (Å²) in [6.07, 6.45) is 2.97. The average molecular weight is 282 g/mol. The first-order valence-electron chi connectivity index (χ1n) is 6.79. The molecule has 0 aromatic heterocycles. The third-order valence-electron chi connectivity index (χ3n) is 3.85. The average Bonchev–Trinajstić information content (AvgIpc) is 2.38. The second kappa shape index (κ2) is 5.61. The molecule has 2 unspecified atom stereocenters. The number of nitrogens with two attached hydrogens (primary N) is 1. The lowest BCUT2D eigenvalue weighted by Crippen LogP contribution is -2.47. The Kier molecular flexibility index (Phi) is 4.28. The number of hydrogen-bond donors (Lipinski definition) is 1. The van der Waals surface area contributed by atoms with E-state index in [0.717, 1.165) is 24.8 Å². The van der Waals surface area contributed by atoms with Gasteiger partial charge in [0.05, 0.1) is 4.90 Å². The van der Waals surface area contributed by atoms with E-state index in [2.05, 4.69) is 0 Å². The van der Waals surface area contributed by atoms with Gasteiger partial charge in [-0.2, -0.15) is 4.31 Å². The third-order valence-corrected chi connectivity index (χ3v) is 5.99. The first kappa shape index (κ1) is 14.5. The summed E-state index contributed by atoms with van der Waals surface area (Å²) >= 11 is 0. The van der Waals surface area contributed by atoms with E-state index in [-0.39, 0.29) is 12.1 Å². The summed E-state index contributed by atoms with van der Waals surface area (Å²) in [5.74, 6) is 0. The lowest BCUT2D eigenvalue weighted by Gasteiger charge is -2.37. The van der Waals surface area contributed by atoms with Crippen molar-refractivity contribution in [3.63, 3.8) is 0 Å². The van der Waals surface area contributed by atoms with Gasteiger partial charge in [0.25, 0.3) is 0 Å². The van der Waals surface area contributed by atoms with Crippen LogP contribution < -0.4 is 5.73 Å². The summed E-state index contributed by atoms with van der Waals surface area (Å²) in [7, 11) is -3.39. The van der Waals surface area contributed by atoms with Gasteiger partial charge < -0.3 is 5.73 Å². The number of nitrogens with zero attached hydrogens (tertiary/aromatic N) is 1. The molecule has 0 radical (unpaired) electrons. The van der Waals surface area contributed by atoms with Crippen molar-refractivity contribution in [2.24, 2.45) is 5.73 Å². The quantitative estimate of drug-likeness (QED) is 0.923. The Bertz CT molecular complexity index is 515. The second-order valence-electron chi connectivity index (χ2n) is 5.31. The Hall–Kier alpha value is -0.910. The molecule has 0 bridgehead atoms. The molecular weight excluding hydrogens is 260 g/mol. The fourth-order valence-electron chi connectivity index (χ4n) is 2.79. The van der Waals surface area contributed by atoms with Crippen LogP contribution in [0, 0.1) is 0 Å². The van der Waals surface area contributed by atoms with Gasteiger partial charge in [-0.05, 0) is 44.4 Å². The van der Waals surface area contributed by atoms with Gasteiger partial charge >= 0.3 is 0 Å². The van der Waals surface area contributed by atoms with Gasteiger partial charge in [0.2, 0.25) is 10.0 Å². The largest absolute Gasteiger partial charge is 0.326 e. The van der Waals surface area contributed by atoms with E-state index in [1.165, 1.54) is 0 Å². The van der Waals surface area contributed by atoms with Gasteiger partial charge in [-0.25, -0.2) is 8.42 Å². The summed E-state index contributed by atoms with van der Waals surface area (Å²) in [5, 5.41) is 0. The zero-order chi connectivity index (χ0) is 14.0. The molecule has 0 spiro atoms. The van der Waals surface area contributed by atoms with Gasteiger partial charge in [-0.1, -0.05) is 18.6 Å². The molecule has 1 aliphatic heterocycles. The van der Waals surface area contributed by atoms with Crippen LogP contribution in [-0.2, 0) is 16.6 Å². The number of hydrogen-bond acceptors (Lipinski definition) is 3. The number of rotatable bonds is 3. The van der Waals surface area contributed by atoms with E-state index in [0.29, 0.717) is 11.4 Å². The van der Waals surface area contributed by atoms with Gasteiger partial charge in [0.15, 0.2) is 0 Å². The molecule has 1 saturated heterocycles. The SMILES string of the molecule is CC1CCCC(C)N1S(=O)(=O)c1ccc(CN)cc1. The van der Waals surface area contributed by atoms with E-state index in [9.17, 15) is 8.42 Å². The Balaban J connectivity index is 2.34. The fourth-order valence-corrected chi connectivity index (χ4v) is 4.67. The number of benzene rings is 1. The Morgan fingerprint density at radius 3 is 2.16 bits per heavy atom. The molecule has 0 amide bonds. The van der Waals surface area contributed by atoms with Gasteiger partial charge in [0.1, 0.15) is 0 Å². The molecule has 4 nitrogen and oxygen atoms in total. The number of piperidine rings is 1. The van der Waals surface area contributed by atoms with Crippen LogP contribution in [-0.4, -0.2) is 24.8 Å². The first-order chi connectivity index (χ1) is 8.96. The van der Waals surface area contributed by atoms with E-state index in [4.69, 9.17) is 5.73 Å². The van der Waals surface area contributed by atoms with Crippen LogP contribution in [0.4, 0.5) is 0 Å². The molecule has 106 valence electrons. The van der Waals surface area contributed by atoms with Crippen molar-refractivity contribution in [1.82, 2.24) is 4.31 Å². The van der Waals surface area contributed by atoms with Crippen molar-refractivity contribution in [2.45, 2.75) is 56.6 Å². The molecule has 2 atom stereocenters. The molecule has 1 fully saturated rings. The van der Waals surface area contributed by atoms with E-state index in [1.54, 1.807) is 28.6 Å². The van der Waals surface area contributed by atoms with Crippen molar-refractivity contribution < 1.29 is 8.42 Å². The van der Waals surface area contributed by atoms with Crippen LogP contribution in [0.1, 0.15) is 38.7 Å². The van der Waals surface area contributed by atoms with Crippen LogP contribution in [0.3, 0.4) is 0 Å². The van der Waals surface area contributed by atoms with Gasteiger partial charge in [-0.15, -0.1) is 0 Å². The summed E-state index contributed by atoms with van der Waals surface area (Å²) in [4.78, 5) is 0.366. The van der Waals surface area contributed by atoms with Crippen LogP contribution in [0.2, 0.25) is 0 Å². The van der Waals surface area contributed by atoms with E-state index < -0.39 is 10.0 Å². The molecule has 2 N–H and O–H groups in total. The molecular formula is C14H22N2O2S. The van der Waals surface area contributed by atoms with Crippen molar-refractivity contribution >= 4 is 10.0 Å². The second-order valence-corrected chi connectivity index (χ2v) is 7.16. The van der Waals surface area contributed by atoms with Gasteiger partial charge in [-0.3, -0.25) is 0 Å². The van der Waals surface area contributed by atoms with Crippen LogP contribution in [0.15, 0.2) is 29.2 Å². The molecule has 1 heterocycles. The van der Waals surface area contributed by atoms with Crippen LogP contribution >= 0.6 is 0 Å². The fraction of sp³-hybridized carbons (Fsp3) is 0.571. The molecule has 0 saturated carbocycles. The Labute approximate surface area is 115 Å². The Morgan fingerprint density at radius 2 is 1.68 bits per heavy atom. The number of sulfonamides is 1. The molecule has 1 aliphatic rings. The lowest BCUT2D eigenvalue weighted by molar-refractivity contribution is 0.204. The van der Waals surface area contributed by atoms with Gasteiger partial charge in [0, 0.05) is 18.6 Å². The van der Waals surface area contributed by atoms with Crippen molar-refractivity contribution in [2.75, 3.05) is 0 Å². The normalized spacial score (nSPS) is 25.4. The summed E-state index contributed by atoms with van der Waals surface area (Å²) in [5.41, 5.74) is 6.48. The first-order valence-corrected chi connectivity index (χ1v) is 8.23. The molecule has 1 aromatic rings. The van der Waals surface area contributed by atoms with E-state index >= 15 is 0 Å². The van der Waals surface area contributed by atoms with Crippen LogP contribution in [0.5, 0.6) is 0 Å². The maximum atomic E-state index is 12.7. The highest BCUT2D eigenvalue weighted by Gasteiger charge is 2.35. The molecule has 19 heavy (non-hydrogen) atoms. The highest BCUT2D eigenvalue weighted by Crippen LogP contribution is 2.29. The standard InChI is InChI=1S/C14H22N2O2S/c1-11-4-3-5-12(2)16(11)19(17,18)14-8-6-13(10-15)7-9-14/h6-9,11-12H,3-5,10,15H2,1-2H3. The zero-order valence-corrected chi connectivity index (χ0v) is 12.4. The van der Waals surface area contributed by atoms with Crippen LogP contribution in [0.25, 0.3) is 0 Å². The molecule has 0 aliphatic carbocycles. The molecule has 1 aromatic carbocycles. The molecule has 5 heteroatoms. The topological polar surface area (TPSA) is 63.4 Å². The lowest BCUT2D eigenvalue weighted by atomic mass is 10.0. The minimum absolute atomic E-state index is 0.0722.